The third-order valence-electron chi connectivity index (χ3n) is 5.13. The van der Waals surface area contributed by atoms with Gasteiger partial charge in [-0.05, 0) is 49.4 Å². The smallest absolute Gasteiger partial charge is 0.237 e. The predicted molar refractivity (Wildman–Crippen MR) is 100 cm³/mol. The number of rotatable bonds is 5. The van der Waals surface area contributed by atoms with Crippen LogP contribution in [0.2, 0.25) is 0 Å². The molecule has 1 aliphatic heterocycles. The zero-order chi connectivity index (χ0) is 17.1. The molecule has 128 valence electrons. The molecule has 1 aromatic heterocycles. The summed E-state index contributed by atoms with van der Waals surface area (Å²) in [6.07, 6.45) is 1.97. The predicted octanol–water partition coefficient (Wildman–Crippen LogP) is 4.28. The molecule has 3 rings (SSSR count). The summed E-state index contributed by atoms with van der Waals surface area (Å²) in [5.41, 5.74) is 2.61. The third kappa shape index (κ3) is 3.40. The van der Waals surface area contributed by atoms with Gasteiger partial charge in [-0.25, -0.2) is 0 Å². The second-order valence-electron chi connectivity index (χ2n) is 6.56. The zero-order valence-electron chi connectivity index (χ0n) is 14.7. The molecule has 0 fully saturated rings. The largest absolute Gasteiger partial charge is 0.334 e. The van der Waals surface area contributed by atoms with Crippen LogP contribution in [0.15, 0.2) is 41.8 Å². The number of carbonyl (C=O) groups is 1. The molecule has 2 unspecified atom stereocenters. The molecule has 3 nitrogen and oxygen atoms in total. The van der Waals surface area contributed by atoms with Crippen LogP contribution in [0.5, 0.6) is 0 Å². The summed E-state index contributed by atoms with van der Waals surface area (Å²) in [4.78, 5) is 18.6. The van der Waals surface area contributed by atoms with E-state index in [0.717, 1.165) is 19.4 Å². The molecule has 0 bridgehead atoms. The fraction of sp³-hybridized carbons (Fsp3) is 0.450. The van der Waals surface area contributed by atoms with Gasteiger partial charge < -0.3 is 4.90 Å². The molecule has 0 aliphatic carbocycles. The van der Waals surface area contributed by atoms with E-state index in [4.69, 9.17) is 0 Å². The Labute approximate surface area is 148 Å². The molecular weight excluding hydrogens is 316 g/mol. The number of hydrogen-bond donors (Lipinski definition) is 0. The molecule has 4 heteroatoms. The van der Waals surface area contributed by atoms with E-state index < -0.39 is 0 Å². The number of fused-ring (bicyclic) bond motifs is 1. The van der Waals surface area contributed by atoms with E-state index in [0.29, 0.717) is 6.54 Å². The maximum Gasteiger partial charge on any atom is 0.237 e. The van der Waals surface area contributed by atoms with Crippen molar-refractivity contribution >= 4 is 17.2 Å². The first kappa shape index (κ1) is 17.2. The number of likely N-dealkylation sites (N-methyl/N-ethyl adjacent to an activating group) is 1. The van der Waals surface area contributed by atoms with Crippen molar-refractivity contribution in [2.75, 3.05) is 20.1 Å². The fourth-order valence-electron chi connectivity index (χ4n) is 3.56. The van der Waals surface area contributed by atoms with Gasteiger partial charge in [0.1, 0.15) is 0 Å². The standard InChI is InChI=1S/C20H26N2OS/c1-4-18-17-11-13-24-19(17)10-12-22(18)20(23)14-21(3)15(2)16-8-6-5-7-9-16/h5-9,11,13,15,18H,4,10,12,14H2,1-3H3. The van der Waals surface area contributed by atoms with Gasteiger partial charge in [0.05, 0.1) is 12.6 Å². The Hall–Kier alpha value is -1.65. The maximum atomic E-state index is 12.9. The van der Waals surface area contributed by atoms with Crippen LogP contribution in [0.3, 0.4) is 0 Å². The van der Waals surface area contributed by atoms with E-state index in [-0.39, 0.29) is 18.0 Å². The van der Waals surface area contributed by atoms with Crippen LogP contribution >= 0.6 is 11.3 Å². The minimum atomic E-state index is 0.233. The Morgan fingerprint density at radius 1 is 1.33 bits per heavy atom. The molecule has 2 atom stereocenters. The van der Waals surface area contributed by atoms with Crippen LogP contribution in [0.1, 0.15) is 48.4 Å². The van der Waals surface area contributed by atoms with Crippen molar-refractivity contribution in [3.8, 4) is 0 Å². The lowest BCUT2D eigenvalue weighted by Gasteiger charge is -2.37. The van der Waals surface area contributed by atoms with Crippen LogP contribution in [0.4, 0.5) is 0 Å². The van der Waals surface area contributed by atoms with Gasteiger partial charge in [0, 0.05) is 17.5 Å². The van der Waals surface area contributed by atoms with Gasteiger partial charge in [0.15, 0.2) is 0 Å². The molecule has 2 aromatic rings. The van der Waals surface area contributed by atoms with Crippen LogP contribution in [-0.4, -0.2) is 35.8 Å². The quantitative estimate of drug-likeness (QED) is 0.810. The highest BCUT2D eigenvalue weighted by atomic mass is 32.1. The Kier molecular flexibility index (Phi) is 5.36. The molecule has 2 heterocycles. The van der Waals surface area contributed by atoms with Crippen molar-refractivity contribution in [1.29, 1.82) is 0 Å². The van der Waals surface area contributed by atoms with Crippen LogP contribution < -0.4 is 0 Å². The maximum absolute atomic E-state index is 12.9. The number of benzene rings is 1. The van der Waals surface area contributed by atoms with Crippen LogP contribution in [-0.2, 0) is 11.2 Å². The van der Waals surface area contributed by atoms with E-state index in [1.165, 1.54) is 16.0 Å². The molecule has 1 amide bonds. The third-order valence-corrected chi connectivity index (χ3v) is 6.13. The van der Waals surface area contributed by atoms with E-state index in [9.17, 15) is 4.79 Å². The number of nitrogens with zero attached hydrogens (tertiary/aromatic N) is 2. The first-order valence-electron chi connectivity index (χ1n) is 8.72. The lowest BCUT2D eigenvalue weighted by Crippen LogP contribution is -2.44. The Bertz CT molecular complexity index is 682. The summed E-state index contributed by atoms with van der Waals surface area (Å²) in [6.45, 7) is 5.64. The van der Waals surface area contributed by atoms with Crippen LogP contribution in [0, 0.1) is 0 Å². The van der Waals surface area contributed by atoms with Gasteiger partial charge >= 0.3 is 0 Å². The highest BCUT2D eigenvalue weighted by Gasteiger charge is 2.31. The molecule has 0 spiro atoms. The van der Waals surface area contributed by atoms with Gasteiger partial charge in [-0.3, -0.25) is 9.69 Å². The molecular formula is C20H26N2OS. The molecule has 0 radical (unpaired) electrons. The van der Waals surface area contributed by atoms with Crippen molar-refractivity contribution in [1.82, 2.24) is 9.80 Å². The normalized spacial score (nSPS) is 18.5. The number of thiophene rings is 1. The Balaban J connectivity index is 1.68. The zero-order valence-corrected chi connectivity index (χ0v) is 15.6. The van der Waals surface area contributed by atoms with E-state index >= 15 is 0 Å². The van der Waals surface area contributed by atoms with Crippen molar-refractivity contribution in [2.45, 2.75) is 38.8 Å². The average Bonchev–Trinajstić information content (AvgIpc) is 3.09. The minimum absolute atomic E-state index is 0.233. The minimum Gasteiger partial charge on any atom is -0.334 e. The highest BCUT2D eigenvalue weighted by molar-refractivity contribution is 7.10. The topological polar surface area (TPSA) is 23.6 Å². The molecule has 0 saturated heterocycles. The lowest BCUT2D eigenvalue weighted by molar-refractivity contribution is -0.135. The number of carbonyl (C=O) groups excluding carboxylic acids is 1. The lowest BCUT2D eigenvalue weighted by atomic mass is 9.97. The molecule has 0 saturated carbocycles. The van der Waals surface area contributed by atoms with Gasteiger partial charge in [-0.2, -0.15) is 0 Å². The first-order valence-corrected chi connectivity index (χ1v) is 9.60. The summed E-state index contributed by atoms with van der Waals surface area (Å²) in [7, 11) is 2.04. The molecule has 1 aromatic carbocycles. The van der Waals surface area contributed by atoms with Gasteiger partial charge in [-0.1, -0.05) is 37.3 Å². The van der Waals surface area contributed by atoms with Crippen LogP contribution in [0.25, 0.3) is 0 Å². The van der Waals surface area contributed by atoms with Gasteiger partial charge in [-0.15, -0.1) is 11.3 Å². The van der Waals surface area contributed by atoms with Gasteiger partial charge in [0.25, 0.3) is 0 Å². The van der Waals surface area contributed by atoms with E-state index in [1.807, 2.05) is 24.5 Å². The van der Waals surface area contributed by atoms with Gasteiger partial charge in [0.2, 0.25) is 5.91 Å². The van der Waals surface area contributed by atoms with Crippen molar-refractivity contribution in [3.63, 3.8) is 0 Å². The summed E-state index contributed by atoms with van der Waals surface area (Å²) in [5.74, 6) is 0.240. The summed E-state index contributed by atoms with van der Waals surface area (Å²) in [5, 5.41) is 2.16. The van der Waals surface area contributed by atoms with Crippen molar-refractivity contribution in [3.05, 3.63) is 57.8 Å². The molecule has 0 N–H and O–H groups in total. The molecule has 1 aliphatic rings. The fourth-order valence-corrected chi connectivity index (χ4v) is 4.49. The Morgan fingerprint density at radius 3 is 2.79 bits per heavy atom. The summed E-state index contributed by atoms with van der Waals surface area (Å²) < 4.78 is 0. The van der Waals surface area contributed by atoms with Crippen molar-refractivity contribution in [2.24, 2.45) is 0 Å². The Morgan fingerprint density at radius 2 is 2.08 bits per heavy atom. The second-order valence-corrected chi connectivity index (χ2v) is 7.56. The molecule has 24 heavy (non-hydrogen) atoms. The van der Waals surface area contributed by atoms with Crippen molar-refractivity contribution < 1.29 is 4.79 Å². The highest BCUT2D eigenvalue weighted by Crippen LogP contribution is 2.35. The number of hydrogen-bond acceptors (Lipinski definition) is 3. The van der Waals surface area contributed by atoms with E-state index in [2.05, 4.69) is 59.4 Å². The summed E-state index contributed by atoms with van der Waals surface area (Å²) >= 11 is 1.83. The van der Waals surface area contributed by atoms with E-state index in [1.54, 1.807) is 0 Å². The monoisotopic (exact) mass is 342 g/mol. The summed E-state index contributed by atoms with van der Waals surface area (Å²) in [6, 6.07) is 13.1. The number of amides is 1. The first-order chi connectivity index (χ1) is 11.6. The SMILES string of the molecule is CCC1c2ccsc2CCN1C(=O)CN(C)C(C)c1ccccc1. The average molecular weight is 343 g/mol. The second kappa shape index (κ2) is 7.49.